The Balaban J connectivity index is 2.25. The van der Waals surface area contributed by atoms with E-state index in [4.69, 9.17) is 5.73 Å². The zero-order chi connectivity index (χ0) is 14.0. The molecular weight excluding hydrogens is 243 g/mol. The molecule has 0 atom stereocenters. The lowest BCUT2D eigenvalue weighted by Crippen LogP contribution is -2.13. The highest BCUT2D eigenvalue weighted by Gasteiger charge is 2.09. The van der Waals surface area contributed by atoms with Crippen LogP contribution in [0.15, 0.2) is 36.4 Å². The molecule has 19 heavy (non-hydrogen) atoms. The third kappa shape index (κ3) is 2.91. The zero-order valence-electron chi connectivity index (χ0n) is 10.8. The molecule has 2 rings (SSSR count). The van der Waals surface area contributed by atoms with E-state index in [1.807, 2.05) is 19.9 Å². The molecule has 3 N–H and O–H groups in total. The number of nitrogens with one attached hydrogen (secondary N) is 1. The summed E-state index contributed by atoms with van der Waals surface area (Å²) in [6, 6.07) is 9.27. The Bertz CT molecular complexity index is 638. The van der Waals surface area contributed by atoms with Gasteiger partial charge in [-0.2, -0.15) is 0 Å². The summed E-state index contributed by atoms with van der Waals surface area (Å²) in [5.74, 6) is -0.745. The minimum Gasteiger partial charge on any atom is -0.397 e. The Hall–Kier alpha value is -2.36. The number of halogens is 1. The number of nitrogen functional groups attached to an aromatic ring is 1. The predicted molar refractivity (Wildman–Crippen MR) is 74.7 cm³/mol. The molecule has 0 aliphatic rings. The molecule has 0 fully saturated rings. The number of amides is 1. The maximum Gasteiger partial charge on any atom is 0.255 e. The second kappa shape index (κ2) is 5.10. The molecule has 3 nitrogen and oxygen atoms in total. The molecule has 1 amide bonds. The van der Waals surface area contributed by atoms with E-state index in [2.05, 4.69) is 5.32 Å². The molecule has 4 heteroatoms. The van der Waals surface area contributed by atoms with Crippen LogP contribution < -0.4 is 11.1 Å². The first-order valence-electron chi connectivity index (χ1n) is 5.91. The van der Waals surface area contributed by atoms with Crippen molar-refractivity contribution in [1.82, 2.24) is 0 Å². The van der Waals surface area contributed by atoms with Crippen molar-refractivity contribution in [1.29, 1.82) is 0 Å². The van der Waals surface area contributed by atoms with Gasteiger partial charge in [0.15, 0.2) is 0 Å². The molecule has 0 aliphatic carbocycles. The van der Waals surface area contributed by atoms with Crippen molar-refractivity contribution in [3.63, 3.8) is 0 Å². The molecule has 0 bridgehead atoms. The Morgan fingerprint density at radius 1 is 1.11 bits per heavy atom. The van der Waals surface area contributed by atoms with Crippen molar-refractivity contribution in [3.05, 3.63) is 58.9 Å². The topological polar surface area (TPSA) is 55.1 Å². The van der Waals surface area contributed by atoms with Crippen molar-refractivity contribution in [3.8, 4) is 0 Å². The monoisotopic (exact) mass is 258 g/mol. The minimum atomic E-state index is -0.440. The van der Waals surface area contributed by atoms with E-state index < -0.39 is 5.82 Å². The Labute approximate surface area is 111 Å². The van der Waals surface area contributed by atoms with Crippen molar-refractivity contribution >= 4 is 17.3 Å². The first kappa shape index (κ1) is 13.1. The fraction of sp³-hybridized carbons (Fsp3) is 0.133. The van der Waals surface area contributed by atoms with Gasteiger partial charge in [-0.1, -0.05) is 6.07 Å². The maximum absolute atomic E-state index is 13.1. The number of nitrogens with two attached hydrogens (primary N) is 1. The molecule has 0 aromatic heterocycles. The molecule has 98 valence electrons. The number of hydrogen-bond donors (Lipinski definition) is 2. The number of anilines is 2. The predicted octanol–water partition coefficient (Wildman–Crippen LogP) is 3.28. The molecule has 0 aliphatic heterocycles. The average Bonchev–Trinajstić information content (AvgIpc) is 2.37. The van der Waals surface area contributed by atoms with E-state index in [-0.39, 0.29) is 11.6 Å². The van der Waals surface area contributed by atoms with Crippen LogP contribution in [0.5, 0.6) is 0 Å². The van der Waals surface area contributed by atoms with Gasteiger partial charge in [-0.25, -0.2) is 4.39 Å². The molecule has 0 spiro atoms. The summed E-state index contributed by atoms with van der Waals surface area (Å²) in [6.07, 6.45) is 0. The van der Waals surface area contributed by atoms with Crippen LogP contribution >= 0.6 is 0 Å². The third-order valence-electron chi connectivity index (χ3n) is 3.03. The van der Waals surface area contributed by atoms with Gasteiger partial charge in [0.1, 0.15) is 5.82 Å². The summed E-state index contributed by atoms with van der Waals surface area (Å²) in [6.45, 7) is 3.91. The van der Waals surface area contributed by atoms with Gasteiger partial charge in [0.05, 0.1) is 11.4 Å². The normalized spacial score (nSPS) is 10.3. The second-order valence-electron chi connectivity index (χ2n) is 4.48. The van der Waals surface area contributed by atoms with Crippen LogP contribution in [0.3, 0.4) is 0 Å². The van der Waals surface area contributed by atoms with Crippen LogP contribution in [0.1, 0.15) is 21.5 Å². The van der Waals surface area contributed by atoms with E-state index >= 15 is 0 Å². The molecule has 0 saturated heterocycles. The Kier molecular flexibility index (Phi) is 3.51. The van der Waals surface area contributed by atoms with Crippen LogP contribution in [-0.4, -0.2) is 5.91 Å². The lowest BCUT2D eigenvalue weighted by atomic mass is 10.1. The molecule has 0 radical (unpaired) electrons. The highest BCUT2D eigenvalue weighted by atomic mass is 19.1. The smallest absolute Gasteiger partial charge is 0.255 e. The summed E-state index contributed by atoms with van der Waals surface area (Å²) in [4.78, 5) is 12.1. The van der Waals surface area contributed by atoms with Crippen LogP contribution in [-0.2, 0) is 0 Å². The largest absolute Gasteiger partial charge is 0.397 e. The van der Waals surface area contributed by atoms with Crippen molar-refractivity contribution < 1.29 is 9.18 Å². The zero-order valence-corrected chi connectivity index (χ0v) is 10.8. The summed E-state index contributed by atoms with van der Waals surface area (Å²) >= 11 is 0. The first-order valence-corrected chi connectivity index (χ1v) is 5.91. The van der Waals surface area contributed by atoms with Gasteiger partial charge in [0.2, 0.25) is 0 Å². The number of carbonyl (C=O) groups excluding carboxylic acids is 1. The van der Waals surface area contributed by atoms with Crippen LogP contribution in [0.2, 0.25) is 0 Å². The molecule has 0 saturated carbocycles. The maximum atomic E-state index is 13.1. The molecule has 0 unspecified atom stereocenters. The number of benzene rings is 2. The fourth-order valence-electron chi connectivity index (χ4n) is 1.71. The van der Waals surface area contributed by atoms with E-state index in [1.165, 1.54) is 18.2 Å². The summed E-state index contributed by atoms with van der Waals surface area (Å²) in [7, 11) is 0. The van der Waals surface area contributed by atoms with Crippen LogP contribution in [0, 0.1) is 19.7 Å². The van der Waals surface area contributed by atoms with Gasteiger partial charge in [-0.3, -0.25) is 4.79 Å². The van der Waals surface area contributed by atoms with Gasteiger partial charge >= 0.3 is 0 Å². The lowest BCUT2D eigenvalue weighted by molar-refractivity contribution is 0.102. The van der Waals surface area contributed by atoms with E-state index in [0.717, 1.165) is 11.1 Å². The van der Waals surface area contributed by atoms with Gasteiger partial charge in [-0.05, 0) is 55.3 Å². The number of aryl methyl sites for hydroxylation is 2. The van der Waals surface area contributed by atoms with Crippen LogP contribution in [0.25, 0.3) is 0 Å². The molecule has 2 aromatic rings. The van der Waals surface area contributed by atoms with E-state index in [9.17, 15) is 9.18 Å². The van der Waals surface area contributed by atoms with Gasteiger partial charge in [0.25, 0.3) is 5.91 Å². The highest BCUT2D eigenvalue weighted by molar-refractivity contribution is 6.05. The van der Waals surface area contributed by atoms with Crippen LogP contribution in [0.4, 0.5) is 15.8 Å². The first-order chi connectivity index (χ1) is 8.97. The molecule has 0 heterocycles. The van der Waals surface area contributed by atoms with Crippen molar-refractivity contribution in [2.45, 2.75) is 13.8 Å². The standard InChI is InChI=1S/C15H15FN2O/c1-9-3-4-11(7-10(9)2)15(19)18-14-8-12(16)5-6-13(14)17/h3-8H,17H2,1-2H3,(H,18,19). The molecule has 2 aromatic carbocycles. The fourth-order valence-corrected chi connectivity index (χ4v) is 1.71. The quantitative estimate of drug-likeness (QED) is 0.812. The third-order valence-corrected chi connectivity index (χ3v) is 3.03. The van der Waals surface area contributed by atoms with E-state index in [0.29, 0.717) is 11.3 Å². The summed E-state index contributed by atoms with van der Waals surface area (Å²) in [5.41, 5.74) is 8.96. The average molecular weight is 258 g/mol. The van der Waals surface area contributed by atoms with E-state index in [1.54, 1.807) is 12.1 Å². The van der Waals surface area contributed by atoms with Crippen molar-refractivity contribution in [2.75, 3.05) is 11.1 Å². The SMILES string of the molecule is Cc1ccc(C(=O)Nc2cc(F)ccc2N)cc1C. The van der Waals surface area contributed by atoms with Gasteiger partial charge < -0.3 is 11.1 Å². The van der Waals surface area contributed by atoms with Gasteiger partial charge in [0, 0.05) is 5.56 Å². The summed E-state index contributed by atoms with van der Waals surface area (Å²) < 4.78 is 13.1. The number of hydrogen-bond acceptors (Lipinski definition) is 2. The number of rotatable bonds is 2. The summed E-state index contributed by atoms with van der Waals surface area (Å²) in [5, 5.41) is 2.61. The minimum absolute atomic E-state index is 0.281. The van der Waals surface area contributed by atoms with Gasteiger partial charge in [-0.15, -0.1) is 0 Å². The highest BCUT2D eigenvalue weighted by Crippen LogP contribution is 2.20. The van der Waals surface area contributed by atoms with Crippen molar-refractivity contribution in [2.24, 2.45) is 0 Å². The lowest BCUT2D eigenvalue weighted by Gasteiger charge is -2.09. The molecular formula is C15H15FN2O. The number of carbonyl (C=O) groups is 1. The Morgan fingerprint density at radius 2 is 1.84 bits per heavy atom. The second-order valence-corrected chi connectivity index (χ2v) is 4.48. The Morgan fingerprint density at radius 3 is 2.53 bits per heavy atom.